The molecular formula is C8H13N2O-. The van der Waals surface area contributed by atoms with Crippen molar-refractivity contribution in [1.29, 1.82) is 0 Å². The molecule has 2 aliphatic heterocycles. The van der Waals surface area contributed by atoms with Crippen LogP contribution in [0.2, 0.25) is 0 Å². The second-order valence-corrected chi connectivity index (χ2v) is 3.70. The Morgan fingerprint density at radius 1 is 1.45 bits per heavy atom. The highest BCUT2D eigenvalue weighted by Crippen LogP contribution is 2.36. The van der Waals surface area contributed by atoms with E-state index in [1.165, 1.54) is 0 Å². The smallest absolute Gasteiger partial charge is 0.0479 e. The van der Waals surface area contributed by atoms with Crippen LogP contribution in [-0.4, -0.2) is 37.5 Å². The van der Waals surface area contributed by atoms with E-state index < -0.39 is 0 Å². The van der Waals surface area contributed by atoms with Gasteiger partial charge < -0.3 is 15.0 Å². The van der Waals surface area contributed by atoms with E-state index >= 15 is 0 Å². The molecule has 0 radical (unpaired) electrons. The van der Waals surface area contributed by atoms with Crippen LogP contribution < -0.4 is 5.11 Å². The van der Waals surface area contributed by atoms with Crippen LogP contribution in [0.5, 0.6) is 0 Å². The Morgan fingerprint density at radius 2 is 2.09 bits per heavy atom. The topological polar surface area (TPSA) is 38.7 Å². The van der Waals surface area contributed by atoms with Crippen molar-refractivity contribution in [3.8, 4) is 0 Å². The van der Waals surface area contributed by atoms with Gasteiger partial charge in [-0.05, 0) is 38.9 Å². The second-order valence-electron chi connectivity index (χ2n) is 3.70. The highest BCUT2D eigenvalue weighted by Gasteiger charge is 2.38. The Hall–Kier alpha value is -0.570. The van der Waals surface area contributed by atoms with E-state index in [1.807, 2.05) is 0 Å². The Morgan fingerprint density at radius 3 is 2.45 bits per heavy atom. The Bertz CT molecular complexity index is 192. The van der Waals surface area contributed by atoms with Crippen LogP contribution in [0.1, 0.15) is 12.8 Å². The third-order valence-corrected chi connectivity index (χ3v) is 2.92. The zero-order chi connectivity index (χ0) is 7.90. The lowest BCUT2D eigenvalue weighted by molar-refractivity contribution is -0.240. The van der Waals surface area contributed by atoms with E-state index in [1.54, 1.807) is 0 Å². The molecule has 3 heteroatoms. The third-order valence-electron chi connectivity index (χ3n) is 2.92. The quantitative estimate of drug-likeness (QED) is 0.469. The number of nitrogens with zero attached hydrogens (tertiary/aromatic N) is 2. The van der Waals surface area contributed by atoms with Gasteiger partial charge in [0.25, 0.3) is 0 Å². The number of hydrogen-bond donors (Lipinski definition) is 0. The molecule has 0 aliphatic carbocycles. The number of likely N-dealkylation sites (tertiary alicyclic amines) is 1. The van der Waals surface area contributed by atoms with Gasteiger partial charge in [-0.3, -0.25) is 0 Å². The molecular weight excluding hydrogens is 140 g/mol. The van der Waals surface area contributed by atoms with Crippen molar-refractivity contribution in [2.24, 2.45) is 10.4 Å². The van der Waals surface area contributed by atoms with E-state index in [4.69, 9.17) is 0 Å². The molecule has 62 valence electrons. The van der Waals surface area contributed by atoms with Crippen LogP contribution in [0.3, 0.4) is 0 Å². The molecule has 2 aliphatic rings. The molecule has 2 rings (SSSR count). The van der Waals surface area contributed by atoms with Crippen LogP contribution >= 0.6 is 0 Å². The van der Waals surface area contributed by atoms with Crippen LogP contribution in [0.15, 0.2) is 4.99 Å². The summed E-state index contributed by atoms with van der Waals surface area (Å²) in [6, 6.07) is 0. The standard InChI is InChI=1S/C8H14N2O/c1-10-4-2-8(3-5-10)6-9-7(8)11/h2-6H2,1H3,(H,9,11)/p-1. The van der Waals surface area contributed by atoms with Crippen molar-refractivity contribution < 1.29 is 5.11 Å². The van der Waals surface area contributed by atoms with Gasteiger partial charge in [0.1, 0.15) is 0 Å². The molecule has 0 atom stereocenters. The molecule has 1 saturated heterocycles. The molecule has 0 N–H and O–H groups in total. The monoisotopic (exact) mass is 153 g/mol. The first kappa shape index (κ1) is 7.10. The third kappa shape index (κ3) is 0.948. The largest absolute Gasteiger partial charge is 0.862 e. The normalized spacial score (nSPS) is 29.7. The average molecular weight is 153 g/mol. The van der Waals surface area contributed by atoms with Gasteiger partial charge in [-0.15, -0.1) is 0 Å². The maximum atomic E-state index is 11.1. The predicted octanol–water partition coefficient (Wildman–Crippen LogP) is -0.529. The predicted molar refractivity (Wildman–Crippen MR) is 41.5 cm³/mol. The minimum absolute atomic E-state index is 0.00743. The van der Waals surface area contributed by atoms with E-state index in [-0.39, 0.29) is 11.3 Å². The fourth-order valence-electron chi connectivity index (χ4n) is 1.79. The van der Waals surface area contributed by atoms with Crippen LogP contribution in [0, 0.1) is 5.41 Å². The van der Waals surface area contributed by atoms with Crippen LogP contribution in [0.25, 0.3) is 0 Å². The molecule has 0 aromatic heterocycles. The van der Waals surface area contributed by atoms with Gasteiger partial charge in [-0.25, -0.2) is 0 Å². The Balaban J connectivity index is 2.03. The first-order valence-electron chi connectivity index (χ1n) is 4.13. The van der Waals surface area contributed by atoms with Gasteiger partial charge >= 0.3 is 0 Å². The number of rotatable bonds is 0. The van der Waals surface area contributed by atoms with Crippen molar-refractivity contribution in [1.82, 2.24) is 4.90 Å². The van der Waals surface area contributed by atoms with Gasteiger partial charge in [-0.1, -0.05) is 0 Å². The average Bonchev–Trinajstić information content (AvgIpc) is 2.03. The van der Waals surface area contributed by atoms with Crippen LogP contribution in [-0.2, 0) is 0 Å². The molecule has 0 aromatic rings. The molecule has 1 spiro atoms. The van der Waals surface area contributed by atoms with Crippen molar-refractivity contribution in [2.75, 3.05) is 26.7 Å². The van der Waals surface area contributed by atoms with E-state index in [0.717, 1.165) is 32.5 Å². The lowest BCUT2D eigenvalue weighted by Gasteiger charge is -2.48. The van der Waals surface area contributed by atoms with E-state index in [9.17, 15) is 5.11 Å². The second kappa shape index (κ2) is 2.21. The maximum Gasteiger partial charge on any atom is 0.0479 e. The summed E-state index contributed by atoms with van der Waals surface area (Å²) >= 11 is 0. The van der Waals surface area contributed by atoms with Gasteiger partial charge in [0.2, 0.25) is 0 Å². The lowest BCUT2D eigenvalue weighted by atomic mass is 9.75. The zero-order valence-electron chi connectivity index (χ0n) is 6.84. The molecule has 11 heavy (non-hydrogen) atoms. The summed E-state index contributed by atoms with van der Waals surface area (Å²) in [6.07, 6.45) is 2.04. The zero-order valence-corrected chi connectivity index (χ0v) is 6.84. The summed E-state index contributed by atoms with van der Waals surface area (Å²) in [4.78, 5) is 6.09. The Labute approximate surface area is 66.7 Å². The summed E-state index contributed by atoms with van der Waals surface area (Å²) < 4.78 is 0. The summed E-state index contributed by atoms with van der Waals surface area (Å²) in [5, 5.41) is 11.1. The Kier molecular flexibility index (Phi) is 1.42. The van der Waals surface area contributed by atoms with Crippen molar-refractivity contribution >= 4 is 5.90 Å². The summed E-state index contributed by atoms with van der Waals surface area (Å²) in [7, 11) is 2.10. The molecule has 0 saturated carbocycles. The molecule has 0 bridgehead atoms. The molecule has 3 nitrogen and oxygen atoms in total. The molecule has 1 fully saturated rings. The van der Waals surface area contributed by atoms with Gasteiger partial charge in [-0.2, -0.15) is 0 Å². The van der Waals surface area contributed by atoms with Crippen LogP contribution in [0.4, 0.5) is 0 Å². The highest BCUT2D eigenvalue weighted by molar-refractivity contribution is 5.83. The van der Waals surface area contributed by atoms with Gasteiger partial charge in [0.05, 0.1) is 0 Å². The maximum absolute atomic E-state index is 11.1. The fraction of sp³-hybridized carbons (Fsp3) is 0.875. The first-order valence-corrected chi connectivity index (χ1v) is 4.13. The van der Waals surface area contributed by atoms with Crippen molar-refractivity contribution in [3.63, 3.8) is 0 Å². The SMILES string of the molecule is CN1CCC2(CC1)CN=C2[O-]. The van der Waals surface area contributed by atoms with Crippen molar-refractivity contribution in [2.45, 2.75) is 12.8 Å². The molecule has 0 amide bonds. The minimum atomic E-state index is -0.00743. The molecule has 2 heterocycles. The fourth-order valence-corrected chi connectivity index (χ4v) is 1.79. The molecule has 0 unspecified atom stereocenters. The van der Waals surface area contributed by atoms with Gasteiger partial charge in [0.15, 0.2) is 0 Å². The van der Waals surface area contributed by atoms with Crippen molar-refractivity contribution in [3.05, 3.63) is 0 Å². The van der Waals surface area contributed by atoms with E-state index in [0.29, 0.717) is 0 Å². The number of aliphatic imine (C=N–C) groups is 1. The first-order chi connectivity index (χ1) is 5.23. The summed E-state index contributed by atoms with van der Waals surface area (Å²) in [5.41, 5.74) is -0.00743. The van der Waals surface area contributed by atoms with Gasteiger partial charge in [0, 0.05) is 12.0 Å². The number of hydrogen-bond acceptors (Lipinski definition) is 3. The highest BCUT2D eigenvalue weighted by atomic mass is 16.3. The molecule has 0 aromatic carbocycles. The van der Waals surface area contributed by atoms with E-state index in [2.05, 4.69) is 16.9 Å². The lowest BCUT2D eigenvalue weighted by Crippen LogP contribution is -2.54. The summed E-state index contributed by atoms with van der Waals surface area (Å²) in [5.74, 6) is 0.158. The summed E-state index contributed by atoms with van der Waals surface area (Å²) in [6.45, 7) is 2.90. The number of piperidine rings is 1. The minimum Gasteiger partial charge on any atom is -0.862 e.